The first-order chi connectivity index (χ1) is 42.5. The van der Waals surface area contributed by atoms with Crippen molar-refractivity contribution in [1.29, 1.82) is 5.26 Å². The lowest BCUT2D eigenvalue weighted by Gasteiger charge is -2.19. The summed E-state index contributed by atoms with van der Waals surface area (Å²) in [6.07, 6.45) is 0. The Morgan fingerprint density at radius 3 is 0.864 bits per heavy atom. The summed E-state index contributed by atoms with van der Waals surface area (Å²) in [7, 11) is 0. The zero-order valence-electron chi connectivity index (χ0n) is 52.3. The standard InChI is InChI=1S/C83H69N5/c1-47-31-51(5)79(52(6)32-47)61-23-27-73-66(39-61)67-40-62(80-53(7)33-48(2)34-54(80)8)24-28-74(67)87(73)77-43-65(72-45-71(59-19-15-13-16-20-59)85-83(86-72)60-21-17-14-18-22-60)44-78(70(77)46-84)88-75-29-25-63(81-55(9)35-49(3)36-56(81)10)41-68(75)69-42-64(26-30-76(69)88)82-57(11)37-50(4)38-58(82)12/h13-45H,1-12H3. The molecule has 426 valence electrons. The van der Waals surface area contributed by atoms with Gasteiger partial charge in [-0.25, -0.2) is 9.97 Å². The molecule has 5 nitrogen and oxygen atoms in total. The van der Waals surface area contributed by atoms with Crippen LogP contribution in [0.15, 0.2) is 200 Å². The van der Waals surface area contributed by atoms with E-state index in [2.05, 4.69) is 274 Å². The molecule has 5 heteroatoms. The topological polar surface area (TPSA) is 59.4 Å². The van der Waals surface area contributed by atoms with Gasteiger partial charge < -0.3 is 9.13 Å². The fourth-order valence-electron chi connectivity index (χ4n) is 15.0. The molecule has 0 aliphatic rings. The molecule has 88 heavy (non-hydrogen) atoms. The van der Waals surface area contributed by atoms with Crippen LogP contribution in [-0.4, -0.2) is 19.1 Å². The molecule has 0 bridgehead atoms. The van der Waals surface area contributed by atoms with Crippen LogP contribution in [0.2, 0.25) is 0 Å². The summed E-state index contributed by atoms with van der Waals surface area (Å²) in [5.74, 6) is 0.616. The van der Waals surface area contributed by atoms with Gasteiger partial charge in [-0.3, -0.25) is 0 Å². The minimum absolute atomic E-state index is 0.536. The number of nitrogens with zero attached hydrogens (tertiary/aromatic N) is 5. The Hall–Kier alpha value is -10.4. The van der Waals surface area contributed by atoms with E-state index in [1.807, 2.05) is 24.3 Å². The molecule has 0 amide bonds. The first-order valence-corrected chi connectivity index (χ1v) is 30.6. The number of benzene rings is 11. The van der Waals surface area contributed by atoms with Crippen LogP contribution < -0.4 is 0 Å². The Kier molecular flexibility index (Phi) is 13.6. The van der Waals surface area contributed by atoms with Crippen LogP contribution in [0.1, 0.15) is 72.3 Å². The first kappa shape index (κ1) is 55.5. The summed E-state index contributed by atoms with van der Waals surface area (Å²) in [5, 5.41) is 16.7. The van der Waals surface area contributed by atoms with Gasteiger partial charge in [-0.2, -0.15) is 5.26 Å². The summed E-state index contributed by atoms with van der Waals surface area (Å²) < 4.78 is 4.70. The van der Waals surface area contributed by atoms with Gasteiger partial charge in [0.15, 0.2) is 5.82 Å². The van der Waals surface area contributed by atoms with Gasteiger partial charge in [0, 0.05) is 38.2 Å². The van der Waals surface area contributed by atoms with Crippen LogP contribution in [0.3, 0.4) is 0 Å². The van der Waals surface area contributed by atoms with E-state index in [4.69, 9.17) is 9.97 Å². The third kappa shape index (κ3) is 9.39. The van der Waals surface area contributed by atoms with E-state index in [0.29, 0.717) is 11.4 Å². The van der Waals surface area contributed by atoms with Gasteiger partial charge in [0.2, 0.25) is 0 Å². The van der Waals surface area contributed by atoms with Crippen LogP contribution in [-0.2, 0) is 0 Å². The molecule has 0 saturated heterocycles. The fourth-order valence-corrected chi connectivity index (χ4v) is 15.0. The highest BCUT2D eigenvalue weighted by Gasteiger charge is 2.26. The van der Waals surface area contributed by atoms with Crippen molar-refractivity contribution in [2.45, 2.75) is 83.1 Å². The van der Waals surface area contributed by atoms with E-state index in [1.54, 1.807) is 0 Å². The van der Waals surface area contributed by atoms with Crippen molar-refractivity contribution >= 4 is 43.6 Å². The molecule has 0 aliphatic heterocycles. The zero-order valence-corrected chi connectivity index (χ0v) is 52.3. The smallest absolute Gasteiger partial charge is 0.160 e. The third-order valence-electron chi connectivity index (χ3n) is 18.2. The second-order valence-corrected chi connectivity index (χ2v) is 24.9. The second-order valence-electron chi connectivity index (χ2n) is 24.9. The van der Waals surface area contributed by atoms with Crippen LogP contribution in [0, 0.1) is 94.4 Å². The Morgan fingerprint density at radius 2 is 0.568 bits per heavy atom. The predicted octanol–water partition coefficient (Wildman–Crippen LogP) is 21.9. The maximum Gasteiger partial charge on any atom is 0.160 e. The Morgan fingerprint density at radius 1 is 0.284 bits per heavy atom. The molecule has 3 heterocycles. The van der Waals surface area contributed by atoms with Crippen molar-refractivity contribution in [2.24, 2.45) is 0 Å². The van der Waals surface area contributed by atoms with Crippen LogP contribution in [0.5, 0.6) is 0 Å². The number of fused-ring (bicyclic) bond motifs is 6. The van der Waals surface area contributed by atoms with Gasteiger partial charge in [-0.15, -0.1) is 0 Å². The SMILES string of the molecule is Cc1cc(C)c(-c2ccc3c(c2)c2cc(-c4c(C)cc(C)cc4C)ccc2n3-c2cc(-c3cc(-c4ccccc4)nc(-c4ccccc4)n3)cc(-n3c4ccc(-c5c(C)cc(C)cc5C)cc4c4cc(-c5c(C)cc(C)cc5C)ccc43)c2C#N)c(C)c1. The van der Waals surface area contributed by atoms with Crippen molar-refractivity contribution < 1.29 is 0 Å². The van der Waals surface area contributed by atoms with E-state index in [9.17, 15) is 5.26 Å². The zero-order chi connectivity index (χ0) is 61.0. The van der Waals surface area contributed by atoms with Crippen molar-refractivity contribution in [2.75, 3.05) is 0 Å². The first-order valence-electron chi connectivity index (χ1n) is 30.6. The molecule has 0 spiro atoms. The molecule has 14 aromatic rings. The quantitative estimate of drug-likeness (QED) is 0.145. The van der Waals surface area contributed by atoms with Crippen molar-refractivity contribution in [3.8, 4) is 95.9 Å². The fraction of sp³-hybridized carbons (Fsp3) is 0.145. The Labute approximate surface area is 516 Å². The number of hydrogen-bond acceptors (Lipinski definition) is 3. The lowest BCUT2D eigenvalue weighted by Crippen LogP contribution is -2.06. The number of aryl methyl sites for hydroxylation is 12. The number of nitriles is 1. The molecule has 0 aliphatic carbocycles. The van der Waals surface area contributed by atoms with Crippen molar-refractivity contribution in [1.82, 2.24) is 19.1 Å². The van der Waals surface area contributed by atoms with E-state index < -0.39 is 0 Å². The summed E-state index contributed by atoms with van der Waals surface area (Å²) in [6, 6.07) is 76.0. The minimum atomic E-state index is 0.536. The van der Waals surface area contributed by atoms with Crippen molar-refractivity contribution in [3.05, 3.63) is 273 Å². The van der Waals surface area contributed by atoms with Gasteiger partial charge in [-0.1, -0.05) is 156 Å². The minimum Gasteiger partial charge on any atom is -0.308 e. The molecule has 0 saturated carbocycles. The van der Waals surface area contributed by atoms with Gasteiger partial charge in [-0.05, 0) is 239 Å². The van der Waals surface area contributed by atoms with Gasteiger partial charge in [0.25, 0.3) is 0 Å². The maximum atomic E-state index is 12.3. The molecule has 0 fully saturated rings. The molecule has 0 atom stereocenters. The summed E-state index contributed by atoms with van der Waals surface area (Å²) in [5.41, 5.74) is 34.8. The average Bonchev–Trinajstić information content (AvgIpc) is 1.57. The summed E-state index contributed by atoms with van der Waals surface area (Å²) >= 11 is 0. The van der Waals surface area contributed by atoms with Crippen molar-refractivity contribution in [3.63, 3.8) is 0 Å². The summed E-state index contributed by atoms with van der Waals surface area (Å²) in [6.45, 7) is 26.5. The number of hydrogen-bond donors (Lipinski definition) is 0. The molecular weight excluding hydrogens is 1070 g/mol. The molecule has 3 aromatic heterocycles. The molecule has 11 aromatic carbocycles. The van der Waals surface area contributed by atoms with E-state index in [-0.39, 0.29) is 0 Å². The van der Waals surface area contributed by atoms with E-state index in [0.717, 1.165) is 105 Å². The maximum absolute atomic E-state index is 12.3. The molecule has 0 unspecified atom stereocenters. The van der Waals surface area contributed by atoms with E-state index in [1.165, 1.54) is 89.0 Å². The highest BCUT2D eigenvalue weighted by Crippen LogP contribution is 2.46. The van der Waals surface area contributed by atoms with Gasteiger partial charge in [0.05, 0.1) is 44.8 Å². The average molecular weight is 1140 g/mol. The Balaban J connectivity index is 1.12. The van der Waals surface area contributed by atoms with Gasteiger partial charge in [0.1, 0.15) is 11.6 Å². The monoisotopic (exact) mass is 1140 g/mol. The normalized spacial score (nSPS) is 11.6. The highest BCUT2D eigenvalue weighted by molar-refractivity contribution is 6.14. The highest BCUT2D eigenvalue weighted by atomic mass is 15.0. The predicted molar refractivity (Wildman–Crippen MR) is 370 cm³/mol. The number of rotatable bonds is 9. The number of aromatic nitrogens is 4. The molecular formula is C83H69N5. The molecule has 0 radical (unpaired) electrons. The second kappa shape index (κ2) is 21.5. The van der Waals surface area contributed by atoms with Crippen LogP contribution >= 0.6 is 0 Å². The van der Waals surface area contributed by atoms with Crippen LogP contribution in [0.25, 0.3) is 133 Å². The van der Waals surface area contributed by atoms with Crippen LogP contribution in [0.4, 0.5) is 0 Å². The lowest BCUT2D eigenvalue weighted by molar-refractivity contribution is 1.11. The Bertz CT molecular complexity index is 4640. The largest absolute Gasteiger partial charge is 0.308 e. The summed E-state index contributed by atoms with van der Waals surface area (Å²) in [4.78, 5) is 10.8. The third-order valence-corrected chi connectivity index (χ3v) is 18.2. The molecule has 0 N–H and O–H groups in total. The molecule has 14 rings (SSSR count). The van der Waals surface area contributed by atoms with E-state index >= 15 is 0 Å². The van der Waals surface area contributed by atoms with Gasteiger partial charge >= 0.3 is 0 Å². The lowest BCUT2D eigenvalue weighted by atomic mass is 9.91.